The molecule has 3 aliphatic heterocycles. The minimum atomic E-state index is -0.252. The maximum absolute atomic E-state index is 12.1. The first kappa shape index (κ1) is 18.8. The minimum absolute atomic E-state index is 0.127. The molecule has 4 rings (SSSR count). The van der Waals surface area contributed by atoms with Crippen molar-refractivity contribution in [2.75, 3.05) is 45.9 Å². The topological polar surface area (TPSA) is 62.3 Å². The zero-order valence-electron chi connectivity index (χ0n) is 16.7. The molecule has 0 N–H and O–H groups in total. The Morgan fingerprint density at radius 3 is 2.56 bits per heavy atom. The first-order valence-corrected chi connectivity index (χ1v) is 10.6. The standard InChI is InChI=1S/C20H33N3O4/c1-3-8-22-15-20(27-18(22)25)6-10-21(11-7-20)16-12-19(13-16)5-9-23(14-19)17(24)26-4-2/h16H,3-15H2,1-2H3. The van der Waals surface area contributed by atoms with Gasteiger partial charge in [0.2, 0.25) is 0 Å². The summed E-state index contributed by atoms with van der Waals surface area (Å²) in [5, 5.41) is 0. The second-order valence-electron chi connectivity index (χ2n) is 8.94. The smallest absolute Gasteiger partial charge is 0.410 e. The molecule has 0 atom stereocenters. The molecular weight excluding hydrogens is 346 g/mol. The molecule has 0 aromatic heterocycles. The van der Waals surface area contributed by atoms with Crippen molar-refractivity contribution >= 4 is 12.2 Å². The highest BCUT2D eigenvalue weighted by molar-refractivity contribution is 5.70. The molecular formula is C20H33N3O4. The van der Waals surface area contributed by atoms with Crippen LogP contribution in [0, 0.1) is 5.41 Å². The summed E-state index contributed by atoms with van der Waals surface area (Å²) in [6, 6.07) is 0.619. The molecule has 7 heteroatoms. The highest BCUT2D eigenvalue weighted by Crippen LogP contribution is 2.51. The molecule has 4 fully saturated rings. The van der Waals surface area contributed by atoms with Gasteiger partial charge in [0, 0.05) is 51.6 Å². The molecule has 2 amide bonds. The number of hydrogen-bond acceptors (Lipinski definition) is 5. The van der Waals surface area contributed by atoms with Crippen LogP contribution in [0.5, 0.6) is 0 Å². The third kappa shape index (κ3) is 3.50. The second-order valence-corrected chi connectivity index (χ2v) is 8.94. The van der Waals surface area contributed by atoms with E-state index in [4.69, 9.17) is 9.47 Å². The van der Waals surface area contributed by atoms with Gasteiger partial charge < -0.3 is 24.2 Å². The third-order valence-corrected chi connectivity index (χ3v) is 7.06. The van der Waals surface area contributed by atoms with Crippen LogP contribution in [-0.2, 0) is 9.47 Å². The van der Waals surface area contributed by atoms with Crippen molar-refractivity contribution in [3.05, 3.63) is 0 Å². The van der Waals surface area contributed by atoms with E-state index in [0.717, 1.165) is 65.0 Å². The number of carbonyl (C=O) groups is 2. The average molecular weight is 380 g/mol. The molecule has 152 valence electrons. The summed E-state index contributed by atoms with van der Waals surface area (Å²) in [6.45, 7) is 9.66. The normalized spacial score (nSPS) is 32.8. The SMILES string of the molecule is CCCN1CC2(CCN(C3CC4(CCN(C(=O)OCC)C4)C3)CC2)OC1=O. The number of likely N-dealkylation sites (tertiary alicyclic amines) is 2. The molecule has 0 aromatic rings. The lowest BCUT2D eigenvalue weighted by Crippen LogP contribution is -2.57. The van der Waals surface area contributed by atoms with Crippen molar-refractivity contribution in [2.24, 2.45) is 5.41 Å². The number of amides is 2. The molecule has 3 saturated heterocycles. The van der Waals surface area contributed by atoms with Crippen molar-refractivity contribution in [1.29, 1.82) is 0 Å². The van der Waals surface area contributed by atoms with E-state index in [1.807, 2.05) is 16.7 Å². The average Bonchev–Trinajstić information content (AvgIpc) is 3.18. The second kappa shape index (κ2) is 7.15. The van der Waals surface area contributed by atoms with Gasteiger partial charge in [-0.2, -0.15) is 0 Å². The summed E-state index contributed by atoms with van der Waals surface area (Å²) < 4.78 is 10.9. The van der Waals surface area contributed by atoms with E-state index in [0.29, 0.717) is 18.1 Å². The fourth-order valence-corrected chi connectivity index (χ4v) is 5.53. The van der Waals surface area contributed by atoms with Gasteiger partial charge in [0.15, 0.2) is 0 Å². The molecule has 4 aliphatic rings. The Morgan fingerprint density at radius 2 is 1.89 bits per heavy atom. The lowest BCUT2D eigenvalue weighted by Gasteiger charge is -2.52. The number of nitrogens with zero attached hydrogens (tertiary/aromatic N) is 3. The van der Waals surface area contributed by atoms with E-state index >= 15 is 0 Å². The summed E-state index contributed by atoms with van der Waals surface area (Å²) in [7, 11) is 0. The monoisotopic (exact) mass is 379 g/mol. The van der Waals surface area contributed by atoms with E-state index in [2.05, 4.69) is 11.8 Å². The Kier molecular flexibility index (Phi) is 4.99. The number of piperidine rings is 1. The summed E-state index contributed by atoms with van der Waals surface area (Å²) >= 11 is 0. The molecule has 2 spiro atoms. The van der Waals surface area contributed by atoms with Gasteiger partial charge in [-0.3, -0.25) is 0 Å². The first-order valence-electron chi connectivity index (χ1n) is 10.6. The maximum Gasteiger partial charge on any atom is 0.410 e. The fraction of sp³-hybridized carbons (Fsp3) is 0.900. The Balaban J connectivity index is 1.24. The van der Waals surface area contributed by atoms with Crippen molar-refractivity contribution < 1.29 is 19.1 Å². The molecule has 0 bridgehead atoms. The maximum atomic E-state index is 12.1. The molecule has 1 aliphatic carbocycles. The van der Waals surface area contributed by atoms with Crippen LogP contribution < -0.4 is 0 Å². The number of rotatable bonds is 4. The van der Waals surface area contributed by atoms with Crippen molar-refractivity contribution in [1.82, 2.24) is 14.7 Å². The zero-order valence-corrected chi connectivity index (χ0v) is 16.7. The summed E-state index contributed by atoms with van der Waals surface area (Å²) in [6.07, 6.45) is 6.04. The van der Waals surface area contributed by atoms with Crippen LogP contribution in [0.4, 0.5) is 9.59 Å². The van der Waals surface area contributed by atoms with E-state index in [1.54, 1.807) is 0 Å². The van der Waals surface area contributed by atoms with Gasteiger partial charge >= 0.3 is 12.2 Å². The van der Waals surface area contributed by atoms with Gasteiger partial charge in [-0.15, -0.1) is 0 Å². The van der Waals surface area contributed by atoms with Crippen molar-refractivity contribution in [3.8, 4) is 0 Å². The molecule has 27 heavy (non-hydrogen) atoms. The van der Waals surface area contributed by atoms with Gasteiger partial charge in [0.25, 0.3) is 0 Å². The molecule has 3 heterocycles. The summed E-state index contributed by atoms with van der Waals surface area (Å²) in [4.78, 5) is 30.4. The third-order valence-electron chi connectivity index (χ3n) is 7.06. The van der Waals surface area contributed by atoms with E-state index < -0.39 is 0 Å². The number of hydrogen-bond donors (Lipinski definition) is 0. The largest absolute Gasteiger partial charge is 0.450 e. The van der Waals surface area contributed by atoms with Crippen LogP contribution in [0.3, 0.4) is 0 Å². The highest BCUT2D eigenvalue weighted by atomic mass is 16.6. The van der Waals surface area contributed by atoms with Gasteiger partial charge in [-0.05, 0) is 38.0 Å². The van der Waals surface area contributed by atoms with Gasteiger partial charge in [-0.1, -0.05) is 6.92 Å². The summed E-state index contributed by atoms with van der Waals surface area (Å²) in [5.41, 5.74) is 0.0581. The molecule has 0 unspecified atom stereocenters. The van der Waals surface area contributed by atoms with Crippen LogP contribution in [0.2, 0.25) is 0 Å². The van der Waals surface area contributed by atoms with Gasteiger partial charge in [0.1, 0.15) is 5.60 Å². The van der Waals surface area contributed by atoms with Crippen LogP contribution in [-0.4, -0.2) is 84.4 Å². The molecule has 0 radical (unpaired) electrons. The zero-order chi connectivity index (χ0) is 19.1. The van der Waals surface area contributed by atoms with E-state index in [-0.39, 0.29) is 17.8 Å². The van der Waals surface area contributed by atoms with Crippen LogP contribution >= 0.6 is 0 Å². The number of carbonyl (C=O) groups excluding carboxylic acids is 2. The van der Waals surface area contributed by atoms with Crippen molar-refractivity contribution in [3.63, 3.8) is 0 Å². The Labute approximate surface area is 161 Å². The van der Waals surface area contributed by atoms with Crippen molar-refractivity contribution in [2.45, 2.75) is 64.0 Å². The first-order chi connectivity index (χ1) is 13.0. The Morgan fingerprint density at radius 1 is 1.15 bits per heavy atom. The van der Waals surface area contributed by atoms with E-state index in [1.165, 1.54) is 12.8 Å². The summed E-state index contributed by atoms with van der Waals surface area (Å²) in [5.74, 6) is 0. The molecule has 1 saturated carbocycles. The van der Waals surface area contributed by atoms with Crippen LogP contribution in [0.15, 0.2) is 0 Å². The molecule has 0 aromatic carbocycles. The fourth-order valence-electron chi connectivity index (χ4n) is 5.53. The van der Waals surface area contributed by atoms with Crippen LogP contribution in [0.25, 0.3) is 0 Å². The van der Waals surface area contributed by atoms with Gasteiger partial charge in [0.05, 0.1) is 13.2 Å². The minimum Gasteiger partial charge on any atom is -0.450 e. The lowest BCUT2D eigenvalue weighted by atomic mass is 9.64. The van der Waals surface area contributed by atoms with Crippen LogP contribution in [0.1, 0.15) is 52.4 Å². The predicted molar refractivity (Wildman–Crippen MR) is 101 cm³/mol. The van der Waals surface area contributed by atoms with E-state index in [9.17, 15) is 9.59 Å². The van der Waals surface area contributed by atoms with Gasteiger partial charge in [-0.25, -0.2) is 9.59 Å². The lowest BCUT2D eigenvalue weighted by molar-refractivity contribution is -0.0510. The number of ether oxygens (including phenoxy) is 2. The highest BCUT2D eigenvalue weighted by Gasteiger charge is 2.53. The Hall–Kier alpha value is -1.50. The molecule has 7 nitrogen and oxygen atoms in total. The quantitative estimate of drug-likeness (QED) is 0.752. The Bertz CT molecular complexity index is 582. The predicted octanol–water partition coefficient (Wildman–Crippen LogP) is 2.69.